The number of carbonyl (C=O) groups is 2. The van der Waals surface area contributed by atoms with Gasteiger partial charge in [-0.15, -0.1) is 0 Å². The van der Waals surface area contributed by atoms with Gasteiger partial charge >= 0.3 is 11.2 Å². The number of amides is 1. The molecule has 11 nitrogen and oxygen atoms in total. The van der Waals surface area contributed by atoms with Crippen LogP contribution in [-0.4, -0.2) is 56.5 Å². The fourth-order valence-electron chi connectivity index (χ4n) is 5.34. The predicted molar refractivity (Wildman–Crippen MR) is 122 cm³/mol. The second kappa shape index (κ2) is 8.10. The molecule has 3 aliphatic heterocycles. The van der Waals surface area contributed by atoms with Crippen LogP contribution in [0.5, 0.6) is 17.2 Å². The number of nitrogens with zero attached hydrogens (tertiary/aromatic N) is 3. The Hall–Kier alpha value is -3.89. The Labute approximate surface area is 200 Å². The van der Waals surface area contributed by atoms with Gasteiger partial charge in [-0.25, -0.2) is 0 Å². The van der Waals surface area contributed by atoms with E-state index in [1.807, 2.05) is 0 Å². The maximum atomic E-state index is 12.9. The zero-order valence-corrected chi connectivity index (χ0v) is 19.4. The van der Waals surface area contributed by atoms with Gasteiger partial charge < -0.3 is 24.0 Å². The minimum absolute atomic E-state index is 0.000614. The molecule has 1 amide bonds. The monoisotopic (exact) mass is 483 g/mol. The normalized spacial score (nSPS) is 22.0. The summed E-state index contributed by atoms with van der Waals surface area (Å²) in [7, 11) is 0. The first-order valence-corrected chi connectivity index (χ1v) is 11.4. The Kier molecular flexibility index (Phi) is 5.30. The van der Waals surface area contributed by atoms with Crippen LogP contribution in [0, 0.1) is 16.0 Å². The second-order valence-corrected chi connectivity index (χ2v) is 9.98. The Balaban J connectivity index is 1.29. The van der Waals surface area contributed by atoms with E-state index >= 15 is 0 Å². The van der Waals surface area contributed by atoms with Crippen LogP contribution in [0.4, 0.5) is 5.69 Å². The maximum Gasteiger partial charge on any atom is 0.334 e. The Morgan fingerprint density at radius 2 is 2.03 bits per heavy atom. The van der Waals surface area contributed by atoms with Gasteiger partial charge in [0.2, 0.25) is 0 Å². The first-order chi connectivity index (χ1) is 16.5. The summed E-state index contributed by atoms with van der Waals surface area (Å²) in [4.78, 5) is 50.0. The molecule has 0 unspecified atom stereocenters. The molecule has 0 saturated carbocycles. The summed E-state index contributed by atoms with van der Waals surface area (Å²) in [5.41, 5.74) is -0.964. The number of pyridine rings is 1. The van der Waals surface area contributed by atoms with E-state index in [0.29, 0.717) is 25.3 Å². The highest BCUT2D eigenvalue weighted by Gasteiger charge is 2.38. The van der Waals surface area contributed by atoms with Gasteiger partial charge in [0.1, 0.15) is 28.4 Å². The van der Waals surface area contributed by atoms with Gasteiger partial charge in [0.15, 0.2) is 12.4 Å². The molecule has 1 aromatic carbocycles. The number of hydrogen-bond donors (Lipinski definition) is 1. The van der Waals surface area contributed by atoms with E-state index in [1.54, 1.807) is 24.8 Å². The van der Waals surface area contributed by atoms with Crippen LogP contribution < -0.4 is 15.0 Å². The largest absolute Gasteiger partial charge is 0.507 e. The van der Waals surface area contributed by atoms with E-state index in [9.17, 15) is 29.6 Å². The smallest absolute Gasteiger partial charge is 0.334 e. The molecule has 0 spiro atoms. The molecule has 1 N–H and O–H groups in total. The van der Waals surface area contributed by atoms with Crippen LogP contribution in [0.3, 0.4) is 0 Å². The number of aromatic hydroxyl groups is 1. The fourth-order valence-corrected chi connectivity index (χ4v) is 5.34. The summed E-state index contributed by atoms with van der Waals surface area (Å²) < 4.78 is 12.9. The number of hydrogen-bond acceptors (Lipinski definition) is 8. The number of carbonyl (C=O) groups excluding carboxylic acids is 2. The number of likely N-dealkylation sites (tertiary alicyclic amines) is 1. The van der Waals surface area contributed by atoms with Gasteiger partial charge in [0.25, 0.3) is 5.91 Å². The molecular weight excluding hydrogens is 458 g/mol. The highest BCUT2D eigenvalue weighted by Crippen LogP contribution is 2.41. The number of ether oxygens (including phenoxy) is 2. The standard InChI is InChI=1S/C24H25N3O8/c1-24(2)8-19(29)22-18(28)6-15(7-20(22)35-24)34-12-21(30)25-9-13-5-14(11-25)16-3-4-17(27(32)33)23(31)26(16)10-13/h3-4,6-7,13-14,28H,5,8-12H2,1-2H3/t13-,14+/m1/s1. The predicted octanol–water partition coefficient (Wildman–Crippen LogP) is 2.23. The molecule has 1 aromatic heterocycles. The second-order valence-electron chi connectivity index (χ2n) is 9.98. The average molecular weight is 483 g/mol. The summed E-state index contributed by atoms with van der Waals surface area (Å²) in [5, 5.41) is 21.4. The number of nitro groups is 1. The molecule has 2 aromatic rings. The summed E-state index contributed by atoms with van der Waals surface area (Å²) in [5.74, 6) is -0.408. The molecule has 35 heavy (non-hydrogen) atoms. The van der Waals surface area contributed by atoms with Crippen LogP contribution in [0.25, 0.3) is 0 Å². The van der Waals surface area contributed by atoms with Gasteiger partial charge in [0, 0.05) is 49.4 Å². The lowest BCUT2D eigenvalue weighted by molar-refractivity contribution is -0.386. The van der Waals surface area contributed by atoms with Crippen molar-refractivity contribution < 1.29 is 29.1 Å². The number of fused-ring (bicyclic) bond motifs is 5. The highest BCUT2D eigenvalue weighted by atomic mass is 16.6. The molecular formula is C24H25N3O8. The van der Waals surface area contributed by atoms with Gasteiger partial charge in [-0.3, -0.25) is 24.5 Å². The van der Waals surface area contributed by atoms with E-state index in [-0.39, 0.29) is 59.4 Å². The SMILES string of the molecule is CC1(C)CC(=O)c2c(O)cc(OCC(=O)N3C[C@H]4C[C@@H](C3)c3ccc([N+](=O)[O-])c(=O)n3C4)cc2O1. The summed E-state index contributed by atoms with van der Waals surface area (Å²) in [6.07, 6.45) is 0.938. The summed E-state index contributed by atoms with van der Waals surface area (Å²) in [6, 6.07) is 5.63. The molecule has 11 heteroatoms. The number of rotatable bonds is 4. The molecule has 184 valence electrons. The Morgan fingerprint density at radius 1 is 1.26 bits per heavy atom. The lowest BCUT2D eigenvalue weighted by Crippen LogP contribution is -2.50. The number of phenolic OH excluding ortho intramolecular Hbond substituents is 1. The maximum absolute atomic E-state index is 12.9. The Bertz CT molecular complexity index is 1310. The van der Waals surface area contributed by atoms with Crippen molar-refractivity contribution in [2.24, 2.45) is 5.92 Å². The summed E-state index contributed by atoms with van der Waals surface area (Å²) in [6.45, 7) is 4.38. The van der Waals surface area contributed by atoms with E-state index in [1.165, 1.54) is 22.8 Å². The third-order valence-electron chi connectivity index (χ3n) is 6.80. The molecule has 0 aliphatic carbocycles. The first kappa shape index (κ1) is 22.9. The van der Waals surface area contributed by atoms with Crippen molar-refractivity contribution in [3.63, 3.8) is 0 Å². The van der Waals surface area contributed by atoms with Crippen molar-refractivity contribution in [1.82, 2.24) is 9.47 Å². The number of piperidine rings is 1. The average Bonchev–Trinajstić information content (AvgIpc) is 2.76. The minimum Gasteiger partial charge on any atom is -0.507 e. The quantitative estimate of drug-likeness (QED) is 0.516. The van der Waals surface area contributed by atoms with Crippen molar-refractivity contribution in [3.05, 3.63) is 56.0 Å². The van der Waals surface area contributed by atoms with E-state index < -0.39 is 21.8 Å². The number of Topliss-reactive ketones (excluding diaryl/α,β-unsaturated/α-hetero) is 1. The van der Waals surface area contributed by atoms with E-state index in [0.717, 1.165) is 6.42 Å². The van der Waals surface area contributed by atoms with Gasteiger partial charge in [-0.1, -0.05) is 0 Å². The number of aromatic nitrogens is 1. The third kappa shape index (κ3) is 4.11. The minimum atomic E-state index is -0.713. The van der Waals surface area contributed by atoms with Crippen molar-refractivity contribution in [2.75, 3.05) is 19.7 Å². The lowest BCUT2D eigenvalue weighted by Gasteiger charge is -2.42. The Morgan fingerprint density at radius 3 is 2.77 bits per heavy atom. The molecule has 3 aliphatic rings. The van der Waals surface area contributed by atoms with Crippen LogP contribution in [0.2, 0.25) is 0 Å². The van der Waals surface area contributed by atoms with Crippen molar-refractivity contribution >= 4 is 17.4 Å². The molecule has 2 bridgehead atoms. The number of benzene rings is 1. The van der Waals surface area contributed by atoms with Crippen LogP contribution in [0.1, 0.15) is 48.7 Å². The molecule has 1 saturated heterocycles. The van der Waals surface area contributed by atoms with Gasteiger partial charge in [0.05, 0.1) is 11.3 Å². The topological polar surface area (TPSA) is 141 Å². The highest BCUT2D eigenvalue weighted by molar-refractivity contribution is 6.03. The fraction of sp³-hybridized carbons (Fsp3) is 0.458. The zero-order chi connectivity index (χ0) is 25.1. The van der Waals surface area contributed by atoms with Gasteiger partial charge in [-0.2, -0.15) is 0 Å². The zero-order valence-electron chi connectivity index (χ0n) is 19.4. The lowest BCUT2D eigenvalue weighted by atomic mass is 9.83. The number of phenols is 1. The molecule has 0 radical (unpaired) electrons. The van der Waals surface area contributed by atoms with Crippen LogP contribution >= 0.6 is 0 Å². The van der Waals surface area contributed by atoms with E-state index in [2.05, 4.69) is 0 Å². The first-order valence-electron chi connectivity index (χ1n) is 11.4. The third-order valence-corrected chi connectivity index (χ3v) is 6.80. The van der Waals surface area contributed by atoms with Crippen molar-refractivity contribution in [3.8, 4) is 17.2 Å². The molecule has 1 fully saturated rings. The van der Waals surface area contributed by atoms with Crippen molar-refractivity contribution in [1.29, 1.82) is 0 Å². The summed E-state index contributed by atoms with van der Waals surface area (Å²) >= 11 is 0. The van der Waals surface area contributed by atoms with Crippen molar-refractivity contribution in [2.45, 2.75) is 44.8 Å². The molecule has 4 heterocycles. The van der Waals surface area contributed by atoms with E-state index in [4.69, 9.17) is 9.47 Å². The number of ketones is 1. The molecule has 5 rings (SSSR count). The van der Waals surface area contributed by atoms with Crippen LogP contribution in [0.15, 0.2) is 29.1 Å². The molecule has 2 atom stereocenters. The van der Waals surface area contributed by atoms with Gasteiger partial charge in [-0.05, 0) is 32.3 Å². The van der Waals surface area contributed by atoms with Crippen LogP contribution in [-0.2, 0) is 11.3 Å².